The van der Waals surface area contributed by atoms with Crippen molar-refractivity contribution < 1.29 is 14.3 Å². The highest BCUT2D eigenvalue weighted by atomic mass is 16.5. The first-order valence-electron chi connectivity index (χ1n) is 6.07. The summed E-state index contributed by atoms with van der Waals surface area (Å²) in [7, 11) is 0. The second kappa shape index (κ2) is 6.18. The van der Waals surface area contributed by atoms with Crippen LogP contribution in [0.2, 0.25) is 0 Å². The zero-order valence-corrected chi connectivity index (χ0v) is 9.54. The summed E-state index contributed by atoms with van der Waals surface area (Å²) >= 11 is 0. The third kappa shape index (κ3) is 3.43. The molecule has 0 aliphatic carbocycles. The topological polar surface area (TPSA) is 59.6 Å². The molecule has 92 valence electrons. The highest BCUT2D eigenvalue weighted by Crippen LogP contribution is 2.14. The molecule has 2 rings (SSSR count). The van der Waals surface area contributed by atoms with Crippen molar-refractivity contribution in [2.45, 2.75) is 31.4 Å². The molecule has 2 heterocycles. The molecule has 0 aromatic carbocycles. The van der Waals surface area contributed by atoms with E-state index in [1.54, 1.807) is 0 Å². The standard InChI is InChI=1S/C11H20N2O3/c14-11(10-8-15-7-5-12-10)13-4-3-9-2-1-6-16-9/h9-10,12H,1-8H2,(H,13,14). The van der Waals surface area contributed by atoms with Gasteiger partial charge in [0.05, 0.1) is 19.3 Å². The number of carbonyl (C=O) groups excluding carboxylic acids is 1. The zero-order valence-electron chi connectivity index (χ0n) is 9.54. The summed E-state index contributed by atoms with van der Waals surface area (Å²) in [5, 5.41) is 6.05. The lowest BCUT2D eigenvalue weighted by atomic mass is 10.2. The van der Waals surface area contributed by atoms with Crippen molar-refractivity contribution in [2.75, 3.05) is 32.9 Å². The average Bonchev–Trinajstić information content (AvgIpc) is 2.83. The number of rotatable bonds is 4. The molecule has 2 saturated heterocycles. The van der Waals surface area contributed by atoms with Gasteiger partial charge >= 0.3 is 0 Å². The highest BCUT2D eigenvalue weighted by molar-refractivity contribution is 5.81. The zero-order chi connectivity index (χ0) is 11.2. The van der Waals surface area contributed by atoms with E-state index in [0.717, 1.165) is 32.4 Å². The second-order valence-electron chi connectivity index (χ2n) is 4.30. The van der Waals surface area contributed by atoms with Crippen molar-refractivity contribution in [3.05, 3.63) is 0 Å². The molecule has 0 radical (unpaired) electrons. The van der Waals surface area contributed by atoms with Gasteiger partial charge in [-0.1, -0.05) is 0 Å². The number of carbonyl (C=O) groups is 1. The first kappa shape index (κ1) is 11.8. The predicted octanol–water partition coefficient (Wildman–Crippen LogP) is -0.340. The molecule has 0 aromatic heterocycles. The van der Waals surface area contributed by atoms with Crippen LogP contribution < -0.4 is 10.6 Å². The van der Waals surface area contributed by atoms with Crippen LogP contribution in [0.15, 0.2) is 0 Å². The Hall–Kier alpha value is -0.650. The van der Waals surface area contributed by atoms with E-state index in [-0.39, 0.29) is 11.9 Å². The summed E-state index contributed by atoms with van der Waals surface area (Å²) < 4.78 is 10.7. The minimum Gasteiger partial charge on any atom is -0.378 e. The Morgan fingerprint density at radius 3 is 3.06 bits per heavy atom. The molecule has 0 bridgehead atoms. The maximum absolute atomic E-state index is 11.7. The molecule has 0 saturated carbocycles. The molecule has 2 unspecified atom stereocenters. The van der Waals surface area contributed by atoms with Crippen LogP contribution in [0.4, 0.5) is 0 Å². The van der Waals surface area contributed by atoms with Crippen LogP contribution in [-0.2, 0) is 14.3 Å². The molecular weight excluding hydrogens is 208 g/mol. The van der Waals surface area contributed by atoms with Gasteiger partial charge in [-0.2, -0.15) is 0 Å². The molecule has 2 aliphatic heterocycles. The smallest absolute Gasteiger partial charge is 0.239 e. The van der Waals surface area contributed by atoms with Gasteiger partial charge in [0.25, 0.3) is 0 Å². The van der Waals surface area contributed by atoms with E-state index in [4.69, 9.17) is 9.47 Å². The fourth-order valence-electron chi connectivity index (χ4n) is 2.09. The van der Waals surface area contributed by atoms with E-state index in [0.29, 0.717) is 25.9 Å². The van der Waals surface area contributed by atoms with Crippen LogP contribution in [0.3, 0.4) is 0 Å². The molecule has 1 amide bonds. The van der Waals surface area contributed by atoms with Crippen molar-refractivity contribution in [2.24, 2.45) is 0 Å². The van der Waals surface area contributed by atoms with Gasteiger partial charge in [-0.15, -0.1) is 0 Å². The molecule has 16 heavy (non-hydrogen) atoms. The van der Waals surface area contributed by atoms with Gasteiger partial charge in [0.15, 0.2) is 0 Å². The van der Waals surface area contributed by atoms with Gasteiger partial charge in [0.1, 0.15) is 6.04 Å². The molecule has 2 aliphatic rings. The fourth-order valence-corrected chi connectivity index (χ4v) is 2.09. The molecule has 0 spiro atoms. The van der Waals surface area contributed by atoms with Gasteiger partial charge in [-0.05, 0) is 19.3 Å². The van der Waals surface area contributed by atoms with Gasteiger partial charge in [0, 0.05) is 19.7 Å². The van der Waals surface area contributed by atoms with Crippen LogP contribution in [0.25, 0.3) is 0 Å². The fraction of sp³-hybridized carbons (Fsp3) is 0.909. The van der Waals surface area contributed by atoms with Gasteiger partial charge in [-0.3, -0.25) is 4.79 Å². The number of hydrogen-bond donors (Lipinski definition) is 2. The van der Waals surface area contributed by atoms with E-state index in [1.165, 1.54) is 0 Å². The SMILES string of the molecule is O=C(NCCC1CCCO1)C1COCCN1. The maximum Gasteiger partial charge on any atom is 0.239 e. The molecule has 0 aromatic rings. The van der Waals surface area contributed by atoms with Gasteiger partial charge in [0.2, 0.25) is 5.91 Å². The minimum absolute atomic E-state index is 0.0395. The van der Waals surface area contributed by atoms with Crippen LogP contribution in [0, 0.1) is 0 Å². The monoisotopic (exact) mass is 228 g/mol. The molecule has 2 N–H and O–H groups in total. The van der Waals surface area contributed by atoms with E-state index < -0.39 is 0 Å². The Labute approximate surface area is 95.9 Å². The quantitative estimate of drug-likeness (QED) is 0.691. The Morgan fingerprint density at radius 1 is 1.44 bits per heavy atom. The minimum atomic E-state index is -0.182. The van der Waals surface area contributed by atoms with Crippen molar-refractivity contribution in [3.8, 4) is 0 Å². The third-order valence-electron chi connectivity index (χ3n) is 3.03. The van der Waals surface area contributed by atoms with E-state index >= 15 is 0 Å². The summed E-state index contributed by atoms with van der Waals surface area (Å²) in [5.74, 6) is 0.0395. The normalized spacial score (nSPS) is 30.2. The third-order valence-corrected chi connectivity index (χ3v) is 3.03. The summed E-state index contributed by atoms with van der Waals surface area (Å²) in [6, 6.07) is -0.182. The molecule has 5 nitrogen and oxygen atoms in total. The van der Waals surface area contributed by atoms with Crippen molar-refractivity contribution in [1.29, 1.82) is 0 Å². The summed E-state index contributed by atoms with van der Waals surface area (Å²) in [6.45, 7) is 3.49. The first-order valence-corrected chi connectivity index (χ1v) is 6.07. The second-order valence-corrected chi connectivity index (χ2v) is 4.30. The van der Waals surface area contributed by atoms with Crippen LogP contribution in [0.1, 0.15) is 19.3 Å². The van der Waals surface area contributed by atoms with Crippen molar-refractivity contribution in [3.63, 3.8) is 0 Å². The first-order chi connectivity index (χ1) is 7.86. The Kier molecular flexibility index (Phi) is 4.56. The Balaban J connectivity index is 1.59. The molecular formula is C11H20N2O3. The summed E-state index contributed by atoms with van der Waals surface area (Å²) in [5.41, 5.74) is 0. The van der Waals surface area contributed by atoms with Crippen molar-refractivity contribution in [1.82, 2.24) is 10.6 Å². The average molecular weight is 228 g/mol. The number of morpholine rings is 1. The van der Waals surface area contributed by atoms with Crippen molar-refractivity contribution >= 4 is 5.91 Å². The lowest BCUT2D eigenvalue weighted by molar-refractivity contribution is -0.125. The Bertz CT molecular complexity index is 223. The number of nitrogens with one attached hydrogen (secondary N) is 2. The lowest BCUT2D eigenvalue weighted by Crippen LogP contribution is -2.51. The molecule has 5 heteroatoms. The van der Waals surface area contributed by atoms with Gasteiger partial charge < -0.3 is 20.1 Å². The summed E-state index contributed by atoms with van der Waals surface area (Å²) in [4.78, 5) is 11.7. The van der Waals surface area contributed by atoms with E-state index in [9.17, 15) is 4.79 Å². The van der Waals surface area contributed by atoms with Crippen LogP contribution in [0.5, 0.6) is 0 Å². The number of hydrogen-bond acceptors (Lipinski definition) is 4. The van der Waals surface area contributed by atoms with Crippen LogP contribution in [-0.4, -0.2) is 51.0 Å². The number of ether oxygens (including phenoxy) is 2. The highest BCUT2D eigenvalue weighted by Gasteiger charge is 2.21. The van der Waals surface area contributed by atoms with Gasteiger partial charge in [-0.25, -0.2) is 0 Å². The molecule has 2 atom stereocenters. The lowest BCUT2D eigenvalue weighted by Gasteiger charge is -2.23. The van der Waals surface area contributed by atoms with E-state index in [1.807, 2.05) is 0 Å². The summed E-state index contributed by atoms with van der Waals surface area (Å²) in [6.07, 6.45) is 3.53. The molecule has 2 fully saturated rings. The van der Waals surface area contributed by atoms with Crippen LogP contribution >= 0.6 is 0 Å². The van der Waals surface area contributed by atoms with E-state index in [2.05, 4.69) is 10.6 Å². The number of amides is 1. The largest absolute Gasteiger partial charge is 0.378 e. The predicted molar refractivity (Wildman–Crippen MR) is 59.2 cm³/mol. The Morgan fingerprint density at radius 2 is 2.38 bits per heavy atom. The maximum atomic E-state index is 11.7.